The number of hydrogen-bond acceptors (Lipinski definition) is 3. The van der Waals surface area contributed by atoms with Crippen LogP contribution in [0.3, 0.4) is 0 Å². The number of rotatable bonds is 8. The molecule has 3 heteroatoms. The van der Waals surface area contributed by atoms with E-state index in [9.17, 15) is 0 Å². The fraction of sp³-hybridized carbons (Fsp3) is 0.133. The Morgan fingerprint density at radius 2 is 0.879 bits per heavy atom. The summed E-state index contributed by atoms with van der Waals surface area (Å²) in [6.45, 7) is 4.31. The molecule has 0 spiro atoms. The van der Waals surface area contributed by atoms with Crippen molar-refractivity contribution in [1.82, 2.24) is 0 Å². The Bertz CT molecular complexity index is 1110. The second kappa shape index (κ2) is 11.1. The van der Waals surface area contributed by atoms with Gasteiger partial charge in [-0.3, -0.25) is 9.98 Å². The van der Waals surface area contributed by atoms with Crippen LogP contribution in [0.5, 0.6) is 11.5 Å². The van der Waals surface area contributed by atoms with Crippen molar-refractivity contribution >= 4 is 23.8 Å². The SMILES string of the molecule is CCc1ccc(C=Nc2ccc(Oc3ccc(N=Cc4ccc(CC)cc4)cc3)cc2)cc1. The quantitative estimate of drug-likeness (QED) is 0.259. The van der Waals surface area contributed by atoms with Crippen LogP contribution in [0.4, 0.5) is 11.4 Å². The van der Waals surface area contributed by atoms with Crippen molar-refractivity contribution in [1.29, 1.82) is 0 Å². The van der Waals surface area contributed by atoms with Gasteiger partial charge in [-0.25, -0.2) is 0 Å². The first kappa shape index (κ1) is 22.2. The Kier molecular flexibility index (Phi) is 7.44. The molecule has 0 amide bonds. The van der Waals surface area contributed by atoms with Gasteiger partial charge in [0, 0.05) is 12.4 Å². The lowest BCUT2D eigenvalue weighted by Crippen LogP contribution is -1.85. The Balaban J connectivity index is 1.33. The van der Waals surface area contributed by atoms with E-state index in [1.807, 2.05) is 61.0 Å². The zero-order chi connectivity index (χ0) is 22.9. The van der Waals surface area contributed by atoms with Crippen LogP contribution >= 0.6 is 0 Å². The van der Waals surface area contributed by atoms with Gasteiger partial charge in [0.05, 0.1) is 11.4 Å². The number of hydrogen-bond donors (Lipinski definition) is 0. The van der Waals surface area contributed by atoms with E-state index in [4.69, 9.17) is 4.74 Å². The second-order valence-electron chi connectivity index (χ2n) is 7.80. The minimum absolute atomic E-state index is 0.772. The molecule has 3 nitrogen and oxygen atoms in total. The summed E-state index contributed by atoms with van der Waals surface area (Å²) in [7, 11) is 0. The Morgan fingerprint density at radius 3 is 1.21 bits per heavy atom. The molecule has 0 unspecified atom stereocenters. The maximum atomic E-state index is 5.96. The standard InChI is InChI=1S/C30H28N2O/c1-3-23-5-9-25(10-6-23)21-31-27-13-17-29(18-14-27)33-30-19-15-28(16-20-30)32-22-26-11-7-24(4-2)8-12-26/h5-22H,3-4H2,1-2H3. The normalized spacial score (nSPS) is 11.3. The third-order valence-corrected chi connectivity index (χ3v) is 5.41. The molecule has 0 N–H and O–H groups in total. The van der Waals surface area contributed by atoms with Crippen LogP contribution in [-0.4, -0.2) is 12.4 Å². The molecule has 0 aliphatic heterocycles. The average Bonchev–Trinajstić information content (AvgIpc) is 2.88. The van der Waals surface area contributed by atoms with Gasteiger partial charge >= 0.3 is 0 Å². The summed E-state index contributed by atoms with van der Waals surface area (Å²) in [5, 5.41) is 0. The van der Waals surface area contributed by atoms with Crippen LogP contribution in [0.1, 0.15) is 36.1 Å². The van der Waals surface area contributed by atoms with Crippen molar-refractivity contribution in [3.63, 3.8) is 0 Å². The monoisotopic (exact) mass is 432 g/mol. The maximum Gasteiger partial charge on any atom is 0.127 e. The van der Waals surface area contributed by atoms with E-state index in [0.717, 1.165) is 46.8 Å². The van der Waals surface area contributed by atoms with Crippen LogP contribution in [0.2, 0.25) is 0 Å². The molecule has 0 saturated heterocycles. The number of ether oxygens (including phenoxy) is 1. The zero-order valence-electron chi connectivity index (χ0n) is 19.1. The number of nitrogens with zero attached hydrogens (tertiary/aromatic N) is 2. The van der Waals surface area contributed by atoms with E-state index < -0.39 is 0 Å². The highest BCUT2D eigenvalue weighted by molar-refractivity contribution is 5.82. The van der Waals surface area contributed by atoms with E-state index in [2.05, 4.69) is 72.4 Å². The summed E-state index contributed by atoms with van der Waals surface area (Å²) in [5.74, 6) is 1.54. The highest BCUT2D eigenvalue weighted by Crippen LogP contribution is 2.26. The first-order chi connectivity index (χ1) is 16.2. The van der Waals surface area contributed by atoms with Gasteiger partial charge in [-0.1, -0.05) is 62.4 Å². The molecule has 0 bridgehead atoms. The van der Waals surface area contributed by atoms with E-state index in [1.165, 1.54) is 11.1 Å². The van der Waals surface area contributed by atoms with Crippen molar-refractivity contribution in [2.24, 2.45) is 9.98 Å². The fourth-order valence-corrected chi connectivity index (χ4v) is 3.31. The predicted octanol–water partition coefficient (Wildman–Crippen LogP) is 8.10. The molecular weight excluding hydrogens is 404 g/mol. The smallest absolute Gasteiger partial charge is 0.127 e. The van der Waals surface area contributed by atoms with Gasteiger partial charge in [0.1, 0.15) is 11.5 Å². The summed E-state index contributed by atoms with van der Waals surface area (Å²) < 4.78 is 5.96. The first-order valence-electron chi connectivity index (χ1n) is 11.4. The topological polar surface area (TPSA) is 34.0 Å². The zero-order valence-corrected chi connectivity index (χ0v) is 19.1. The van der Waals surface area contributed by atoms with Gasteiger partial charge in [-0.2, -0.15) is 0 Å². The van der Waals surface area contributed by atoms with Gasteiger partial charge in [0.25, 0.3) is 0 Å². The molecule has 0 radical (unpaired) electrons. The molecule has 0 heterocycles. The molecule has 4 aromatic rings. The van der Waals surface area contributed by atoms with Crippen LogP contribution in [0.25, 0.3) is 0 Å². The molecule has 33 heavy (non-hydrogen) atoms. The fourth-order valence-electron chi connectivity index (χ4n) is 3.31. The summed E-state index contributed by atoms with van der Waals surface area (Å²) >= 11 is 0. The summed E-state index contributed by atoms with van der Waals surface area (Å²) in [6, 6.07) is 32.5. The molecule has 0 aliphatic rings. The lowest BCUT2D eigenvalue weighted by molar-refractivity contribution is 0.483. The largest absolute Gasteiger partial charge is 0.457 e. The van der Waals surface area contributed by atoms with Crippen molar-refractivity contribution in [2.75, 3.05) is 0 Å². The number of benzene rings is 4. The van der Waals surface area contributed by atoms with Crippen LogP contribution in [-0.2, 0) is 12.8 Å². The van der Waals surface area contributed by atoms with E-state index >= 15 is 0 Å². The molecule has 4 rings (SSSR count). The van der Waals surface area contributed by atoms with Crippen LogP contribution < -0.4 is 4.74 Å². The summed E-state index contributed by atoms with van der Waals surface area (Å²) in [5.41, 5.74) is 6.61. The highest BCUT2D eigenvalue weighted by atomic mass is 16.5. The highest BCUT2D eigenvalue weighted by Gasteiger charge is 1.99. The molecule has 0 fully saturated rings. The number of aliphatic imine (C=N–C) groups is 2. The Hall–Kier alpha value is -3.98. The van der Waals surface area contributed by atoms with E-state index in [-0.39, 0.29) is 0 Å². The van der Waals surface area contributed by atoms with Gasteiger partial charge in [0.15, 0.2) is 0 Å². The minimum Gasteiger partial charge on any atom is -0.457 e. The molecule has 0 atom stereocenters. The lowest BCUT2D eigenvalue weighted by Gasteiger charge is -2.06. The van der Waals surface area contributed by atoms with Crippen LogP contribution in [0, 0.1) is 0 Å². The number of aryl methyl sites for hydroxylation is 2. The maximum absolute atomic E-state index is 5.96. The molecule has 164 valence electrons. The molecule has 0 aromatic heterocycles. The lowest BCUT2D eigenvalue weighted by atomic mass is 10.1. The minimum atomic E-state index is 0.772. The van der Waals surface area contributed by atoms with Gasteiger partial charge in [-0.15, -0.1) is 0 Å². The molecule has 4 aromatic carbocycles. The third kappa shape index (κ3) is 6.50. The second-order valence-corrected chi connectivity index (χ2v) is 7.80. The predicted molar refractivity (Wildman–Crippen MR) is 139 cm³/mol. The van der Waals surface area contributed by atoms with Gasteiger partial charge in [0.2, 0.25) is 0 Å². The first-order valence-corrected chi connectivity index (χ1v) is 11.4. The summed E-state index contributed by atoms with van der Waals surface area (Å²) in [4.78, 5) is 9.10. The van der Waals surface area contributed by atoms with Gasteiger partial charge < -0.3 is 4.74 Å². The van der Waals surface area contributed by atoms with E-state index in [0.29, 0.717) is 0 Å². The third-order valence-electron chi connectivity index (χ3n) is 5.41. The van der Waals surface area contributed by atoms with E-state index in [1.54, 1.807) is 0 Å². The van der Waals surface area contributed by atoms with Crippen molar-refractivity contribution in [2.45, 2.75) is 26.7 Å². The molecular formula is C30H28N2O. The van der Waals surface area contributed by atoms with Crippen molar-refractivity contribution in [3.05, 3.63) is 119 Å². The van der Waals surface area contributed by atoms with Crippen molar-refractivity contribution < 1.29 is 4.74 Å². The Labute approximate surface area is 196 Å². The molecule has 0 aliphatic carbocycles. The molecule has 0 saturated carbocycles. The Morgan fingerprint density at radius 1 is 0.515 bits per heavy atom. The summed E-state index contributed by atoms with van der Waals surface area (Å²) in [6.07, 6.45) is 5.85. The van der Waals surface area contributed by atoms with Crippen molar-refractivity contribution in [3.8, 4) is 11.5 Å². The van der Waals surface area contributed by atoms with Gasteiger partial charge in [-0.05, 0) is 83.6 Å². The average molecular weight is 433 g/mol. The van der Waals surface area contributed by atoms with Crippen LogP contribution in [0.15, 0.2) is 107 Å².